The van der Waals surface area contributed by atoms with Gasteiger partial charge in [-0.15, -0.1) is 11.3 Å². The maximum absolute atomic E-state index is 14.0. The van der Waals surface area contributed by atoms with Gasteiger partial charge in [0.1, 0.15) is 10.8 Å². The molecule has 0 bridgehead atoms. The maximum atomic E-state index is 14.0. The first-order valence-electron chi connectivity index (χ1n) is 9.55. The van der Waals surface area contributed by atoms with E-state index in [1.54, 1.807) is 6.92 Å². The molecule has 0 fully saturated rings. The Morgan fingerprint density at radius 2 is 1.90 bits per heavy atom. The standard InChI is InChI=1S/C20H20F2N2O3S2/c1-10-23-18(29-24-10)17-13-6-7-20(21,22)9-16(13)28-15(17)8-14(25)11-4-2-3-5-12(11)19(26)27/h2-9H2,1H3,(H,26,27). The van der Waals surface area contributed by atoms with Gasteiger partial charge in [0.25, 0.3) is 5.92 Å². The SMILES string of the molecule is Cc1nsc(-c2c(CC(=O)C3=C(C(=O)O)CCCC3)sc3c2CCC(F)(F)C3)n1. The number of carbonyl (C=O) groups excluding carboxylic acids is 1. The Morgan fingerprint density at radius 3 is 2.55 bits per heavy atom. The first kappa shape index (κ1) is 20.3. The molecular weight excluding hydrogens is 418 g/mol. The molecule has 0 saturated carbocycles. The van der Waals surface area contributed by atoms with Gasteiger partial charge in [-0.05, 0) is 56.1 Å². The maximum Gasteiger partial charge on any atom is 0.331 e. The number of carboxylic acid groups (broad SMARTS) is 1. The normalized spacial score (nSPS) is 18.6. The van der Waals surface area contributed by atoms with Crippen LogP contribution >= 0.6 is 22.9 Å². The number of alkyl halides is 2. The van der Waals surface area contributed by atoms with E-state index in [9.17, 15) is 23.5 Å². The molecule has 0 radical (unpaired) electrons. The van der Waals surface area contributed by atoms with Crippen LogP contribution in [0.5, 0.6) is 0 Å². The Bertz CT molecular complexity index is 1020. The number of halogens is 2. The van der Waals surface area contributed by atoms with Gasteiger partial charge in [-0.25, -0.2) is 18.6 Å². The average molecular weight is 439 g/mol. The van der Waals surface area contributed by atoms with Crippen LogP contribution in [0.1, 0.15) is 53.2 Å². The van der Waals surface area contributed by atoms with Crippen molar-refractivity contribution in [1.29, 1.82) is 0 Å². The molecule has 2 heterocycles. The zero-order valence-corrected chi connectivity index (χ0v) is 17.5. The fraction of sp³-hybridized carbons (Fsp3) is 0.500. The van der Waals surface area contributed by atoms with Crippen LogP contribution in [0.3, 0.4) is 0 Å². The first-order chi connectivity index (χ1) is 13.7. The van der Waals surface area contributed by atoms with Crippen molar-refractivity contribution in [3.8, 4) is 10.6 Å². The Hall–Kier alpha value is -2.00. The molecule has 2 aliphatic rings. The van der Waals surface area contributed by atoms with E-state index in [-0.39, 0.29) is 37.0 Å². The van der Waals surface area contributed by atoms with Gasteiger partial charge in [0, 0.05) is 45.7 Å². The third-order valence-corrected chi connectivity index (χ3v) is 7.50. The number of aryl methyl sites for hydroxylation is 1. The topological polar surface area (TPSA) is 80.2 Å². The fourth-order valence-corrected chi connectivity index (χ4v) is 6.35. The van der Waals surface area contributed by atoms with Crippen LogP contribution in [0.2, 0.25) is 0 Å². The molecule has 1 N–H and O–H groups in total. The van der Waals surface area contributed by atoms with Crippen molar-refractivity contribution in [2.75, 3.05) is 0 Å². The van der Waals surface area contributed by atoms with E-state index in [1.165, 1.54) is 22.9 Å². The quantitative estimate of drug-likeness (QED) is 0.728. The number of allylic oxidation sites excluding steroid dienone is 1. The van der Waals surface area contributed by atoms with Crippen molar-refractivity contribution in [3.63, 3.8) is 0 Å². The van der Waals surface area contributed by atoms with Gasteiger partial charge in [-0.3, -0.25) is 4.79 Å². The predicted molar refractivity (Wildman–Crippen MR) is 107 cm³/mol. The second-order valence-electron chi connectivity index (χ2n) is 7.55. The van der Waals surface area contributed by atoms with E-state index >= 15 is 0 Å². The van der Waals surface area contributed by atoms with Crippen LogP contribution in [-0.2, 0) is 28.9 Å². The van der Waals surface area contributed by atoms with E-state index in [1.807, 2.05) is 0 Å². The number of carbonyl (C=O) groups is 2. The summed E-state index contributed by atoms with van der Waals surface area (Å²) in [4.78, 5) is 30.3. The second kappa shape index (κ2) is 7.68. The Balaban J connectivity index is 1.75. The molecule has 9 heteroatoms. The molecule has 0 unspecified atom stereocenters. The third kappa shape index (κ3) is 4.02. The van der Waals surface area contributed by atoms with E-state index < -0.39 is 11.9 Å². The van der Waals surface area contributed by atoms with Gasteiger partial charge in [0.2, 0.25) is 0 Å². The average Bonchev–Trinajstić information content (AvgIpc) is 3.23. The number of Topliss-reactive ketones (excluding diaryl/α,β-unsaturated/α-hetero) is 1. The van der Waals surface area contributed by atoms with Crippen molar-refractivity contribution < 1.29 is 23.5 Å². The summed E-state index contributed by atoms with van der Waals surface area (Å²) in [5, 5.41) is 10.1. The molecule has 0 aliphatic heterocycles. The number of rotatable bonds is 5. The lowest BCUT2D eigenvalue weighted by Gasteiger charge is -2.22. The molecule has 0 atom stereocenters. The summed E-state index contributed by atoms with van der Waals surface area (Å²) in [6.45, 7) is 1.77. The van der Waals surface area contributed by atoms with Gasteiger partial charge < -0.3 is 5.11 Å². The number of nitrogens with zero attached hydrogens (tertiary/aromatic N) is 2. The summed E-state index contributed by atoms with van der Waals surface area (Å²) in [7, 11) is 0. The molecule has 0 amide bonds. The number of aliphatic carboxylic acids is 1. The highest BCUT2D eigenvalue weighted by Crippen LogP contribution is 2.45. The summed E-state index contributed by atoms with van der Waals surface area (Å²) >= 11 is 2.44. The molecule has 2 aromatic rings. The number of hydrogen-bond acceptors (Lipinski definition) is 6. The number of ketones is 1. The van der Waals surface area contributed by atoms with E-state index in [0.717, 1.165) is 24.0 Å². The molecule has 0 spiro atoms. The van der Waals surface area contributed by atoms with E-state index in [0.29, 0.717) is 39.0 Å². The first-order valence-corrected chi connectivity index (χ1v) is 11.1. The van der Waals surface area contributed by atoms with Crippen LogP contribution in [0.25, 0.3) is 10.6 Å². The minimum atomic E-state index is -2.74. The largest absolute Gasteiger partial charge is 0.478 e. The van der Waals surface area contributed by atoms with Crippen LogP contribution in [0.15, 0.2) is 11.1 Å². The number of aromatic nitrogens is 2. The van der Waals surface area contributed by atoms with Gasteiger partial charge in [-0.1, -0.05) is 0 Å². The van der Waals surface area contributed by atoms with Crippen molar-refractivity contribution in [2.45, 2.75) is 64.2 Å². The number of hydrogen-bond donors (Lipinski definition) is 1. The molecule has 4 rings (SSSR count). The zero-order chi connectivity index (χ0) is 20.8. The van der Waals surface area contributed by atoms with Crippen LogP contribution in [0, 0.1) is 6.92 Å². The van der Waals surface area contributed by atoms with Gasteiger partial charge >= 0.3 is 5.97 Å². The fourth-order valence-electron chi connectivity index (χ4n) is 4.08. The lowest BCUT2D eigenvalue weighted by molar-refractivity contribution is -0.133. The molecule has 0 saturated heterocycles. The highest BCUT2D eigenvalue weighted by atomic mass is 32.1. The lowest BCUT2D eigenvalue weighted by atomic mass is 9.87. The summed E-state index contributed by atoms with van der Waals surface area (Å²) in [6, 6.07) is 0. The van der Waals surface area contributed by atoms with Crippen molar-refractivity contribution in [3.05, 3.63) is 32.3 Å². The Labute approximate surface area is 174 Å². The van der Waals surface area contributed by atoms with Crippen molar-refractivity contribution in [2.24, 2.45) is 0 Å². The number of thiophene rings is 1. The lowest BCUT2D eigenvalue weighted by Crippen LogP contribution is -2.24. The highest BCUT2D eigenvalue weighted by Gasteiger charge is 2.38. The summed E-state index contributed by atoms with van der Waals surface area (Å²) in [5.41, 5.74) is 2.17. The van der Waals surface area contributed by atoms with Crippen molar-refractivity contribution >= 4 is 34.6 Å². The van der Waals surface area contributed by atoms with Gasteiger partial charge in [-0.2, -0.15) is 4.37 Å². The molecule has 29 heavy (non-hydrogen) atoms. The highest BCUT2D eigenvalue weighted by molar-refractivity contribution is 7.14. The minimum absolute atomic E-state index is 0.0172. The van der Waals surface area contributed by atoms with Gasteiger partial charge in [0.05, 0.1) is 0 Å². The monoisotopic (exact) mass is 438 g/mol. The molecule has 5 nitrogen and oxygen atoms in total. The second-order valence-corrected chi connectivity index (χ2v) is 9.49. The van der Waals surface area contributed by atoms with Gasteiger partial charge in [0.15, 0.2) is 5.78 Å². The Morgan fingerprint density at radius 1 is 1.17 bits per heavy atom. The van der Waals surface area contributed by atoms with Crippen molar-refractivity contribution in [1.82, 2.24) is 9.36 Å². The smallest absolute Gasteiger partial charge is 0.331 e. The van der Waals surface area contributed by atoms with Crippen LogP contribution in [-0.4, -0.2) is 32.1 Å². The number of carboxylic acids is 1. The number of fused-ring (bicyclic) bond motifs is 1. The zero-order valence-electron chi connectivity index (χ0n) is 15.9. The van der Waals surface area contributed by atoms with Crippen LogP contribution < -0.4 is 0 Å². The Kier molecular flexibility index (Phi) is 5.37. The summed E-state index contributed by atoms with van der Waals surface area (Å²) in [6.07, 6.45) is 2.11. The molecule has 2 aliphatic carbocycles. The summed E-state index contributed by atoms with van der Waals surface area (Å²) < 4.78 is 32.1. The predicted octanol–water partition coefficient (Wildman–Crippen LogP) is 4.77. The molecule has 154 valence electrons. The van der Waals surface area contributed by atoms with E-state index in [4.69, 9.17) is 0 Å². The molecule has 2 aromatic heterocycles. The molecular formula is C20H20F2N2O3S2. The minimum Gasteiger partial charge on any atom is -0.478 e. The van der Waals surface area contributed by atoms with E-state index in [2.05, 4.69) is 9.36 Å². The summed E-state index contributed by atoms with van der Waals surface area (Å²) in [5.74, 6) is -3.41. The molecule has 0 aromatic carbocycles. The third-order valence-electron chi connectivity index (χ3n) is 5.45. The van der Waals surface area contributed by atoms with Crippen LogP contribution in [0.4, 0.5) is 8.78 Å².